The van der Waals surface area contributed by atoms with Gasteiger partial charge in [-0.2, -0.15) is 0 Å². The number of rotatable bonds is 2. The lowest BCUT2D eigenvalue weighted by Crippen LogP contribution is -2.29. The van der Waals surface area contributed by atoms with Crippen LogP contribution in [-0.2, 0) is 4.74 Å². The first-order valence-corrected chi connectivity index (χ1v) is 2.56. The van der Waals surface area contributed by atoms with Crippen molar-refractivity contribution in [1.29, 1.82) is 0 Å². The van der Waals surface area contributed by atoms with E-state index < -0.39 is 0 Å². The molecule has 0 amide bonds. The topological polar surface area (TPSA) is 58.0 Å². The quantitative estimate of drug-likeness (QED) is 0.300. The highest BCUT2D eigenvalue weighted by molar-refractivity contribution is 4.68. The molecule has 0 saturated carbocycles. The van der Waals surface area contributed by atoms with Crippen LogP contribution in [0.2, 0.25) is 0 Å². The molecule has 4 nitrogen and oxygen atoms in total. The zero-order valence-electron chi connectivity index (χ0n) is 4.45. The van der Waals surface area contributed by atoms with E-state index in [4.69, 9.17) is 10.3 Å². The van der Waals surface area contributed by atoms with Crippen molar-refractivity contribution in [2.45, 2.75) is 12.5 Å². The molecule has 0 aromatic carbocycles. The second-order valence-electron chi connectivity index (χ2n) is 1.69. The van der Waals surface area contributed by atoms with Crippen LogP contribution in [0.5, 0.6) is 0 Å². The third-order valence-corrected chi connectivity index (χ3v) is 1.14. The number of hydrogen-bond acceptors (Lipinski definition) is 2. The van der Waals surface area contributed by atoms with Gasteiger partial charge in [0, 0.05) is 11.5 Å². The molecule has 1 saturated heterocycles. The van der Waals surface area contributed by atoms with Crippen molar-refractivity contribution in [1.82, 2.24) is 0 Å². The van der Waals surface area contributed by atoms with Gasteiger partial charge in [0.1, 0.15) is 0 Å². The largest absolute Gasteiger partial charge is 0.378 e. The smallest absolute Gasteiger partial charge is 0.0653 e. The van der Waals surface area contributed by atoms with Crippen LogP contribution < -0.4 is 0 Å². The number of nitrogens with zero attached hydrogens (tertiary/aromatic N) is 3. The molecule has 44 valence electrons. The minimum atomic E-state index is 0.214. The molecule has 0 spiro atoms. The molecule has 0 aliphatic carbocycles. The average molecular weight is 113 g/mol. The molecule has 1 fully saturated rings. The first-order valence-electron chi connectivity index (χ1n) is 2.56. The van der Waals surface area contributed by atoms with Crippen LogP contribution in [0, 0.1) is 0 Å². The maximum atomic E-state index is 7.84. The predicted octanol–water partition coefficient (Wildman–Crippen LogP) is 1.09. The van der Waals surface area contributed by atoms with Gasteiger partial charge < -0.3 is 4.74 Å². The van der Waals surface area contributed by atoms with Crippen molar-refractivity contribution < 1.29 is 4.74 Å². The van der Waals surface area contributed by atoms with Gasteiger partial charge in [-0.1, -0.05) is 5.11 Å². The summed E-state index contributed by atoms with van der Waals surface area (Å²) in [7, 11) is 0. The molecule has 1 atom stereocenters. The van der Waals surface area contributed by atoms with Gasteiger partial charge >= 0.3 is 0 Å². The summed E-state index contributed by atoms with van der Waals surface area (Å²) in [5, 5.41) is 3.35. The molecule has 8 heavy (non-hydrogen) atoms. The third-order valence-electron chi connectivity index (χ3n) is 1.14. The molecule has 0 bridgehead atoms. The van der Waals surface area contributed by atoms with Crippen LogP contribution in [0.4, 0.5) is 0 Å². The molecule has 0 aromatic rings. The van der Waals surface area contributed by atoms with Crippen molar-refractivity contribution in [3.8, 4) is 0 Å². The Morgan fingerprint density at radius 3 is 3.00 bits per heavy atom. The van der Waals surface area contributed by atoms with E-state index in [1.165, 1.54) is 0 Å². The maximum absolute atomic E-state index is 7.84. The van der Waals surface area contributed by atoms with Gasteiger partial charge in [0.25, 0.3) is 0 Å². The van der Waals surface area contributed by atoms with Gasteiger partial charge in [0.2, 0.25) is 0 Å². The Bertz CT molecular complexity index is 114. The van der Waals surface area contributed by atoms with E-state index >= 15 is 0 Å². The molecule has 1 rings (SSSR count). The van der Waals surface area contributed by atoms with E-state index in [0.717, 1.165) is 13.0 Å². The second-order valence-corrected chi connectivity index (χ2v) is 1.69. The molecule has 0 radical (unpaired) electrons. The Labute approximate surface area is 47.1 Å². The summed E-state index contributed by atoms with van der Waals surface area (Å²) in [5.74, 6) is 0. The normalized spacial score (nSPS) is 25.8. The van der Waals surface area contributed by atoms with Crippen LogP contribution in [0.1, 0.15) is 6.42 Å². The molecule has 1 heterocycles. The Morgan fingerprint density at radius 2 is 2.62 bits per heavy atom. The first-order chi connectivity index (χ1) is 3.93. The Hall–Kier alpha value is -0.730. The summed E-state index contributed by atoms with van der Waals surface area (Å²) in [5.41, 5.74) is 7.84. The summed E-state index contributed by atoms with van der Waals surface area (Å²) in [6.45, 7) is 1.32. The highest BCUT2D eigenvalue weighted by Gasteiger charge is 2.15. The number of azide groups is 1. The molecule has 4 heteroatoms. The van der Waals surface area contributed by atoms with Crippen LogP contribution >= 0.6 is 0 Å². The van der Waals surface area contributed by atoms with E-state index in [1.807, 2.05) is 0 Å². The molecular formula is C4H7N3O. The van der Waals surface area contributed by atoms with Crippen molar-refractivity contribution in [3.63, 3.8) is 0 Å². The lowest BCUT2D eigenvalue weighted by Gasteiger charge is -2.24. The standard InChI is InChI=1S/C4H7N3O/c5-7-6-3-4-1-2-8-4/h4H,1-3H2/t4-/m0/s1. The van der Waals surface area contributed by atoms with E-state index in [2.05, 4.69) is 10.0 Å². The second kappa shape index (κ2) is 2.55. The lowest BCUT2D eigenvalue weighted by atomic mass is 10.2. The van der Waals surface area contributed by atoms with Crippen LogP contribution in [-0.4, -0.2) is 19.3 Å². The predicted molar refractivity (Wildman–Crippen MR) is 28.4 cm³/mol. The highest BCUT2D eigenvalue weighted by atomic mass is 16.5. The third kappa shape index (κ3) is 1.12. The van der Waals surface area contributed by atoms with Crippen molar-refractivity contribution >= 4 is 0 Å². The van der Waals surface area contributed by atoms with Gasteiger partial charge in [0.15, 0.2) is 0 Å². The van der Waals surface area contributed by atoms with Crippen LogP contribution in [0.3, 0.4) is 0 Å². The van der Waals surface area contributed by atoms with Gasteiger partial charge in [-0.05, 0) is 12.0 Å². The number of ether oxygens (including phenoxy) is 1. The fourth-order valence-corrected chi connectivity index (χ4v) is 0.556. The maximum Gasteiger partial charge on any atom is 0.0653 e. The Balaban J connectivity index is 2.09. The molecule has 0 unspecified atom stereocenters. The average Bonchev–Trinajstić information content (AvgIpc) is 1.63. The molecular weight excluding hydrogens is 106 g/mol. The van der Waals surface area contributed by atoms with Crippen molar-refractivity contribution in [3.05, 3.63) is 10.4 Å². The van der Waals surface area contributed by atoms with E-state index in [-0.39, 0.29) is 6.10 Å². The van der Waals surface area contributed by atoms with Crippen LogP contribution in [0.15, 0.2) is 5.11 Å². The summed E-state index contributed by atoms with van der Waals surface area (Å²) in [4.78, 5) is 2.60. The Morgan fingerprint density at radius 1 is 1.88 bits per heavy atom. The van der Waals surface area contributed by atoms with Gasteiger partial charge in [0.05, 0.1) is 12.6 Å². The van der Waals surface area contributed by atoms with Crippen LogP contribution in [0.25, 0.3) is 10.4 Å². The minimum absolute atomic E-state index is 0.214. The molecule has 1 aliphatic rings. The molecule has 1 aliphatic heterocycles. The van der Waals surface area contributed by atoms with Gasteiger partial charge in [-0.25, -0.2) is 0 Å². The fraction of sp³-hybridized carbons (Fsp3) is 1.00. The van der Waals surface area contributed by atoms with E-state index in [1.54, 1.807) is 0 Å². The van der Waals surface area contributed by atoms with E-state index in [9.17, 15) is 0 Å². The summed E-state index contributed by atoms with van der Waals surface area (Å²) in [6.07, 6.45) is 1.25. The minimum Gasteiger partial charge on any atom is -0.378 e. The zero-order chi connectivity index (χ0) is 5.82. The molecule has 0 N–H and O–H groups in total. The summed E-state index contributed by atoms with van der Waals surface area (Å²) in [6, 6.07) is 0. The van der Waals surface area contributed by atoms with Gasteiger partial charge in [-0.15, -0.1) is 0 Å². The monoisotopic (exact) mass is 113 g/mol. The SMILES string of the molecule is [N-]=[N+]=NC[C@@H]1CCO1. The molecule has 0 aromatic heterocycles. The Kier molecular flexibility index (Phi) is 1.72. The lowest BCUT2D eigenvalue weighted by molar-refractivity contribution is -0.0434. The summed E-state index contributed by atoms with van der Waals surface area (Å²) < 4.78 is 4.97. The highest BCUT2D eigenvalue weighted by Crippen LogP contribution is 2.10. The van der Waals surface area contributed by atoms with Gasteiger partial charge in [-0.3, -0.25) is 0 Å². The van der Waals surface area contributed by atoms with E-state index in [0.29, 0.717) is 6.54 Å². The summed E-state index contributed by atoms with van der Waals surface area (Å²) >= 11 is 0. The first kappa shape index (κ1) is 5.41. The van der Waals surface area contributed by atoms with Crippen molar-refractivity contribution in [2.75, 3.05) is 13.2 Å². The fourth-order valence-electron chi connectivity index (χ4n) is 0.556. The van der Waals surface area contributed by atoms with Crippen molar-refractivity contribution in [2.24, 2.45) is 5.11 Å². The number of hydrogen-bond donors (Lipinski definition) is 0. The zero-order valence-corrected chi connectivity index (χ0v) is 4.45.